The van der Waals surface area contributed by atoms with Crippen LogP contribution in [0.15, 0.2) is 24.3 Å². The van der Waals surface area contributed by atoms with Gasteiger partial charge in [0.25, 0.3) is 0 Å². The minimum atomic E-state index is 0.0862. The maximum absolute atomic E-state index is 4.94. The van der Waals surface area contributed by atoms with E-state index in [-0.39, 0.29) is 5.41 Å². The van der Waals surface area contributed by atoms with Crippen LogP contribution in [0.5, 0.6) is 0 Å². The molecule has 0 aliphatic carbocycles. The summed E-state index contributed by atoms with van der Waals surface area (Å²) in [5.41, 5.74) is 3.91. The molecule has 0 aliphatic heterocycles. The fraction of sp³-hybridized carbons (Fsp3) is 0.500. The first-order valence-corrected chi connectivity index (χ1v) is 8.57. The standard InChI is InChI=1S/C18H26N2S/c1-6-13-8-10-14(11-9-13)17-20-16(18(3,4)5)15(21-17)12-19-7-2/h8-11,19H,6-7,12H2,1-5H3. The molecule has 0 radical (unpaired) electrons. The van der Waals surface area contributed by atoms with Crippen molar-refractivity contribution < 1.29 is 0 Å². The maximum Gasteiger partial charge on any atom is 0.123 e. The molecule has 0 atom stereocenters. The molecule has 2 nitrogen and oxygen atoms in total. The van der Waals surface area contributed by atoms with Crippen LogP contribution in [0.1, 0.15) is 50.8 Å². The van der Waals surface area contributed by atoms with Gasteiger partial charge in [0.05, 0.1) is 5.69 Å². The van der Waals surface area contributed by atoms with Crippen LogP contribution in [0, 0.1) is 0 Å². The van der Waals surface area contributed by atoms with Gasteiger partial charge in [-0.2, -0.15) is 0 Å². The molecule has 0 unspecified atom stereocenters. The van der Waals surface area contributed by atoms with E-state index in [1.807, 2.05) is 11.3 Å². The summed E-state index contributed by atoms with van der Waals surface area (Å²) >= 11 is 1.82. The predicted molar refractivity (Wildman–Crippen MR) is 93.0 cm³/mol. The molecule has 1 heterocycles. The zero-order chi connectivity index (χ0) is 15.5. The zero-order valence-corrected chi connectivity index (χ0v) is 14.6. The van der Waals surface area contributed by atoms with Crippen LogP contribution in [0.25, 0.3) is 10.6 Å². The zero-order valence-electron chi connectivity index (χ0n) is 13.8. The van der Waals surface area contributed by atoms with Crippen LogP contribution in [0.2, 0.25) is 0 Å². The lowest BCUT2D eigenvalue weighted by atomic mass is 9.91. The normalized spacial score (nSPS) is 11.9. The average molecular weight is 302 g/mol. The number of benzene rings is 1. The highest BCUT2D eigenvalue weighted by Crippen LogP contribution is 2.34. The Labute approximate surface area is 132 Å². The van der Waals surface area contributed by atoms with Gasteiger partial charge in [-0.25, -0.2) is 4.98 Å². The van der Waals surface area contributed by atoms with E-state index in [9.17, 15) is 0 Å². The molecule has 0 amide bonds. The Morgan fingerprint density at radius 1 is 1.10 bits per heavy atom. The number of hydrogen-bond donors (Lipinski definition) is 1. The summed E-state index contributed by atoms with van der Waals surface area (Å²) in [7, 11) is 0. The third kappa shape index (κ3) is 3.92. The van der Waals surface area contributed by atoms with Crippen LogP contribution in [0.4, 0.5) is 0 Å². The molecule has 0 spiro atoms. The van der Waals surface area contributed by atoms with Crippen LogP contribution < -0.4 is 5.32 Å². The molecule has 0 fully saturated rings. The Bertz CT molecular complexity index is 576. The number of aryl methyl sites for hydroxylation is 1. The molecular formula is C18H26N2S. The Kier molecular flexibility index (Phi) is 5.17. The third-order valence-electron chi connectivity index (χ3n) is 3.55. The first-order chi connectivity index (χ1) is 9.95. The molecule has 0 bridgehead atoms. The highest BCUT2D eigenvalue weighted by atomic mass is 32.1. The minimum absolute atomic E-state index is 0.0862. The molecule has 0 saturated carbocycles. The summed E-state index contributed by atoms with van der Waals surface area (Å²) < 4.78 is 0. The van der Waals surface area contributed by atoms with Crippen LogP contribution in [0.3, 0.4) is 0 Å². The quantitative estimate of drug-likeness (QED) is 0.859. The van der Waals surface area contributed by atoms with E-state index in [0.29, 0.717) is 0 Å². The molecule has 1 aromatic heterocycles. The monoisotopic (exact) mass is 302 g/mol. The Hall–Kier alpha value is -1.19. The molecule has 3 heteroatoms. The lowest BCUT2D eigenvalue weighted by Crippen LogP contribution is -2.18. The largest absolute Gasteiger partial charge is 0.312 e. The molecule has 1 N–H and O–H groups in total. The molecule has 114 valence electrons. The summed E-state index contributed by atoms with van der Waals surface area (Å²) in [4.78, 5) is 6.30. The fourth-order valence-electron chi connectivity index (χ4n) is 2.30. The van der Waals surface area contributed by atoms with Gasteiger partial charge < -0.3 is 5.32 Å². The second-order valence-electron chi connectivity index (χ2n) is 6.37. The van der Waals surface area contributed by atoms with E-state index < -0.39 is 0 Å². The van der Waals surface area contributed by atoms with Crippen molar-refractivity contribution in [2.75, 3.05) is 6.54 Å². The number of hydrogen-bond acceptors (Lipinski definition) is 3. The Morgan fingerprint density at radius 2 is 1.76 bits per heavy atom. The maximum atomic E-state index is 4.94. The summed E-state index contributed by atoms with van der Waals surface area (Å²) in [6.07, 6.45) is 1.08. The van der Waals surface area contributed by atoms with Gasteiger partial charge in [-0.05, 0) is 18.5 Å². The van der Waals surface area contributed by atoms with Crippen molar-refractivity contribution in [1.82, 2.24) is 10.3 Å². The fourth-order valence-corrected chi connectivity index (χ4v) is 3.55. The van der Waals surface area contributed by atoms with Crippen molar-refractivity contribution >= 4 is 11.3 Å². The van der Waals surface area contributed by atoms with Gasteiger partial charge in [-0.1, -0.05) is 58.9 Å². The smallest absolute Gasteiger partial charge is 0.123 e. The third-order valence-corrected chi connectivity index (χ3v) is 4.66. The van der Waals surface area contributed by atoms with Gasteiger partial charge in [0.15, 0.2) is 0 Å². The molecule has 2 rings (SSSR count). The van der Waals surface area contributed by atoms with E-state index in [2.05, 4.69) is 64.2 Å². The SMILES string of the molecule is CCNCc1sc(-c2ccc(CC)cc2)nc1C(C)(C)C. The van der Waals surface area contributed by atoms with Gasteiger partial charge in [-0.3, -0.25) is 0 Å². The molecule has 21 heavy (non-hydrogen) atoms. The van der Waals surface area contributed by atoms with E-state index in [1.54, 1.807) is 0 Å². The lowest BCUT2D eigenvalue weighted by molar-refractivity contribution is 0.561. The van der Waals surface area contributed by atoms with Gasteiger partial charge in [0.1, 0.15) is 5.01 Å². The topological polar surface area (TPSA) is 24.9 Å². The van der Waals surface area contributed by atoms with Crippen molar-refractivity contribution in [3.8, 4) is 10.6 Å². The van der Waals surface area contributed by atoms with E-state index in [1.165, 1.54) is 21.7 Å². The van der Waals surface area contributed by atoms with Crippen LogP contribution in [-0.4, -0.2) is 11.5 Å². The number of nitrogens with one attached hydrogen (secondary N) is 1. The van der Waals surface area contributed by atoms with Crippen LogP contribution >= 0.6 is 11.3 Å². The van der Waals surface area contributed by atoms with Crippen molar-refractivity contribution in [2.24, 2.45) is 0 Å². The number of thiazole rings is 1. The summed E-state index contributed by atoms with van der Waals surface area (Å²) in [6, 6.07) is 8.80. The first-order valence-electron chi connectivity index (χ1n) is 7.76. The predicted octanol–water partition coefficient (Wildman–Crippen LogP) is 4.78. The summed E-state index contributed by atoms with van der Waals surface area (Å²) in [6.45, 7) is 12.9. The van der Waals surface area contributed by atoms with Gasteiger partial charge >= 0.3 is 0 Å². The Balaban J connectivity index is 2.37. The van der Waals surface area contributed by atoms with E-state index in [0.717, 1.165) is 24.5 Å². The average Bonchev–Trinajstić information content (AvgIpc) is 2.89. The van der Waals surface area contributed by atoms with Crippen molar-refractivity contribution in [3.63, 3.8) is 0 Å². The van der Waals surface area contributed by atoms with Gasteiger partial charge in [-0.15, -0.1) is 11.3 Å². The Morgan fingerprint density at radius 3 is 2.29 bits per heavy atom. The molecule has 2 aromatic rings. The molecule has 0 saturated heterocycles. The summed E-state index contributed by atoms with van der Waals surface area (Å²) in [5.74, 6) is 0. The highest BCUT2D eigenvalue weighted by Gasteiger charge is 2.23. The number of rotatable bonds is 5. The number of aromatic nitrogens is 1. The van der Waals surface area contributed by atoms with Crippen molar-refractivity contribution in [2.45, 2.75) is 53.0 Å². The second-order valence-corrected chi connectivity index (χ2v) is 7.46. The van der Waals surface area contributed by atoms with Crippen molar-refractivity contribution in [3.05, 3.63) is 40.4 Å². The minimum Gasteiger partial charge on any atom is -0.312 e. The first kappa shape index (κ1) is 16.2. The van der Waals surface area contributed by atoms with E-state index >= 15 is 0 Å². The van der Waals surface area contributed by atoms with Crippen LogP contribution in [-0.2, 0) is 18.4 Å². The lowest BCUT2D eigenvalue weighted by Gasteiger charge is -2.17. The van der Waals surface area contributed by atoms with Gasteiger partial charge in [0.2, 0.25) is 0 Å². The second kappa shape index (κ2) is 6.71. The highest BCUT2D eigenvalue weighted by molar-refractivity contribution is 7.15. The summed E-state index contributed by atoms with van der Waals surface area (Å²) in [5, 5.41) is 4.57. The molecular weight excluding hydrogens is 276 g/mol. The number of nitrogens with zero attached hydrogens (tertiary/aromatic N) is 1. The van der Waals surface area contributed by atoms with Gasteiger partial charge in [0, 0.05) is 22.4 Å². The molecule has 0 aliphatic rings. The molecule has 1 aromatic carbocycles. The van der Waals surface area contributed by atoms with E-state index in [4.69, 9.17) is 4.98 Å². The van der Waals surface area contributed by atoms with Crippen molar-refractivity contribution in [1.29, 1.82) is 0 Å².